The summed E-state index contributed by atoms with van der Waals surface area (Å²) in [7, 11) is 0. The molecule has 4 N–H and O–H groups in total. The minimum Gasteiger partial charge on any atom is -0.508 e. The van der Waals surface area contributed by atoms with Crippen molar-refractivity contribution in [3.05, 3.63) is 39.6 Å². The van der Waals surface area contributed by atoms with Crippen molar-refractivity contribution in [3.63, 3.8) is 0 Å². The maximum Gasteiger partial charge on any atom is 0.342 e. The van der Waals surface area contributed by atoms with Gasteiger partial charge in [0.1, 0.15) is 29.8 Å². The average Bonchev–Trinajstić information content (AvgIpc) is 3.28. The molecule has 1 saturated heterocycles. The first kappa shape index (κ1) is 24.9. The topological polar surface area (TPSA) is 202 Å². The molecule has 0 amide bonds. The fourth-order valence-electron chi connectivity index (χ4n) is 3.70. The number of nitrogens with zero attached hydrogens (tertiary/aromatic N) is 3. The van der Waals surface area contributed by atoms with Crippen molar-refractivity contribution in [3.8, 4) is 11.5 Å². The number of fused-ring (bicyclic) bond motifs is 1. The first-order valence-corrected chi connectivity index (χ1v) is 11.2. The van der Waals surface area contributed by atoms with E-state index in [0.29, 0.717) is 4.70 Å². The Labute approximate surface area is 205 Å². The molecular weight excluding hydrogens is 500 g/mol. The standard InChI is InChI=1S/C21H20N4O10S/c1-8(26)33-15-13(7-32-19(30)11-5-10(28)3-4-12(11)29)35-18(16(15)34-9(2)27)25-17-14(36-21(25)31)6-23-20(22)24-17/h3-6,13,15-16,18,28-29H,7H2,1-2H3,(H2,22,23,24)/t13-,15-,16-,18-/m1/s1. The number of aromatic nitrogens is 3. The summed E-state index contributed by atoms with van der Waals surface area (Å²) in [5, 5.41) is 19.5. The van der Waals surface area contributed by atoms with Crippen LogP contribution < -0.4 is 10.6 Å². The number of hydrogen-bond donors (Lipinski definition) is 3. The molecule has 1 fully saturated rings. The zero-order valence-corrected chi connectivity index (χ0v) is 19.6. The minimum atomic E-state index is -1.33. The number of ether oxygens (including phenoxy) is 4. The van der Waals surface area contributed by atoms with Gasteiger partial charge < -0.3 is 34.9 Å². The number of aromatic hydroxyl groups is 2. The van der Waals surface area contributed by atoms with Crippen LogP contribution in [0.25, 0.3) is 10.3 Å². The third-order valence-electron chi connectivity index (χ3n) is 5.10. The van der Waals surface area contributed by atoms with Gasteiger partial charge in [-0.1, -0.05) is 11.3 Å². The Morgan fingerprint density at radius 3 is 2.56 bits per heavy atom. The summed E-state index contributed by atoms with van der Waals surface area (Å²) in [6.45, 7) is 1.70. The predicted molar refractivity (Wildman–Crippen MR) is 121 cm³/mol. The fraction of sp³-hybridized carbons (Fsp3) is 0.333. The normalized spacial score (nSPS) is 21.3. The van der Waals surface area contributed by atoms with Gasteiger partial charge in [-0.3, -0.25) is 19.0 Å². The van der Waals surface area contributed by atoms with Crippen LogP contribution in [0.5, 0.6) is 11.5 Å². The lowest BCUT2D eigenvalue weighted by Crippen LogP contribution is -2.41. The van der Waals surface area contributed by atoms with Crippen molar-refractivity contribution >= 4 is 45.5 Å². The van der Waals surface area contributed by atoms with Gasteiger partial charge in [0.15, 0.2) is 24.1 Å². The first-order chi connectivity index (χ1) is 17.0. The number of phenolic OH excluding ortho intramolecular Hbond substituents is 2. The van der Waals surface area contributed by atoms with Crippen LogP contribution in [0.1, 0.15) is 30.4 Å². The summed E-state index contributed by atoms with van der Waals surface area (Å²) in [6, 6.07) is 3.28. The van der Waals surface area contributed by atoms with Gasteiger partial charge >= 0.3 is 22.8 Å². The number of carbonyl (C=O) groups is 3. The summed E-state index contributed by atoms with van der Waals surface area (Å²) in [4.78, 5) is 56.5. The summed E-state index contributed by atoms with van der Waals surface area (Å²) >= 11 is 0.792. The molecule has 3 heterocycles. The Bertz CT molecular complexity index is 1400. The van der Waals surface area contributed by atoms with E-state index >= 15 is 0 Å². The minimum absolute atomic E-state index is 0.101. The molecule has 2 aromatic heterocycles. The second-order valence-corrected chi connectivity index (χ2v) is 8.66. The van der Waals surface area contributed by atoms with Crippen LogP contribution in [-0.4, -0.2) is 67.6 Å². The SMILES string of the molecule is CC(=O)O[C@@H]1[C@H](OC(C)=O)[C@@H](COC(=O)c2cc(O)ccc2O)O[C@H]1n1c(=O)sc2cnc(N)nc21. The van der Waals surface area contributed by atoms with E-state index in [9.17, 15) is 29.4 Å². The van der Waals surface area contributed by atoms with Gasteiger partial charge in [0, 0.05) is 13.8 Å². The second kappa shape index (κ2) is 9.79. The van der Waals surface area contributed by atoms with Crippen molar-refractivity contribution in [2.75, 3.05) is 12.3 Å². The molecule has 36 heavy (non-hydrogen) atoms. The van der Waals surface area contributed by atoms with E-state index in [-0.39, 0.29) is 22.9 Å². The number of anilines is 1. The van der Waals surface area contributed by atoms with Gasteiger partial charge in [-0.05, 0) is 18.2 Å². The Morgan fingerprint density at radius 2 is 1.86 bits per heavy atom. The summed E-state index contributed by atoms with van der Waals surface area (Å²) < 4.78 is 23.3. The molecule has 3 aromatic rings. The zero-order chi connectivity index (χ0) is 26.1. The quantitative estimate of drug-likeness (QED) is 0.230. The Balaban J connectivity index is 1.69. The molecule has 0 unspecified atom stereocenters. The third kappa shape index (κ3) is 4.92. The molecule has 1 aliphatic heterocycles. The van der Waals surface area contributed by atoms with Crippen LogP contribution in [-0.2, 0) is 28.5 Å². The van der Waals surface area contributed by atoms with Gasteiger partial charge in [-0.25, -0.2) is 9.78 Å². The highest BCUT2D eigenvalue weighted by Crippen LogP contribution is 2.36. The highest BCUT2D eigenvalue weighted by molar-refractivity contribution is 7.16. The van der Waals surface area contributed by atoms with E-state index in [1.165, 1.54) is 12.3 Å². The smallest absolute Gasteiger partial charge is 0.342 e. The van der Waals surface area contributed by atoms with E-state index in [0.717, 1.165) is 41.9 Å². The van der Waals surface area contributed by atoms with Crippen molar-refractivity contribution < 1.29 is 43.5 Å². The van der Waals surface area contributed by atoms with Crippen molar-refractivity contribution in [1.82, 2.24) is 14.5 Å². The molecule has 0 aliphatic carbocycles. The number of benzene rings is 1. The van der Waals surface area contributed by atoms with E-state index in [2.05, 4.69) is 9.97 Å². The van der Waals surface area contributed by atoms with Gasteiger partial charge in [0.2, 0.25) is 5.95 Å². The number of phenols is 2. The van der Waals surface area contributed by atoms with Gasteiger partial charge in [0.25, 0.3) is 0 Å². The van der Waals surface area contributed by atoms with Gasteiger partial charge in [-0.2, -0.15) is 4.98 Å². The van der Waals surface area contributed by atoms with Crippen LogP contribution in [0.4, 0.5) is 5.95 Å². The molecule has 0 spiro atoms. The van der Waals surface area contributed by atoms with Crippen molar-refractivity contribution in [2.24, 2.45) is 0 Å². The summed E-state index contributed by atoms with van der Waals surface area (Å²) in [5.41, 5.74) is 5.45. The van der Waals surface area contributed by atoms with Crippen LogP contribution in [0.3, 0.4) is 0 Å². The van der Waals surface area contributed by atoms with Gasteiger partial charge in [0.05, 0.1) is 10.9 Å². The largest absolute Gasteiger partial charge is 0.508 e. The number of nitrogen functional groups attached to an aromatic ring is 1. The lowest BCUT2D eigenvalue weighted by Gasteiger charge is -2.23. The first-order valence-electron chi connectivity index (χ1n) is 10.4. The summed E-state index contributed by atoms with van der Waals surface area (Å²) in [5.74, 6) is -3.36. The number of esters is 3. The van der Waals surface area contributed by atoms with E-state index in [4.69, 9.17) is 24.7 Å². The van der Waals surface area contributed by atoms with Gasteiger partial charge in [-0.15, -0.1) is 0 Å². The Morgan fingerprint density at radius 1 is 1.17 bits per heavy atom. The predicted octanol–water partition coefficient (Wildman–Crippen LogP) is 0.464. The van der Waals surface area contributed by atoms with E-state index < -0.39 is 59.7 Å². The lowest BCUT2D eigenvalue weighted by atomic mass is 10.1. The Kier molecular flexibility index (Phi) is 6.76. The molecule has 0 saturated carbocycles. The van der Waals surface area contributed by atoms with Crippen molar-refractivity contribution in [1.29, 1.82) is 0 Å². The monoisotopic (exact) mass is 520 g/mol. The molecule has 190 valence electrons. The maximum absolute atomic E-state index is 12.8. The molecule has 4 atom stereocenters. The third-order valence-corrected chi connectivity index (χ3v) is 5.98. The maximum atomic E-state index is 12.8. The van der Waals surface area contributed by atoms with Crippen molar-refractivity contribution in [2.45, 2.75) is 38.4 Å². The molecule has 0 bridgehead atoms. The molecular formula is C21H20N4O10S. The van der Waals surface area contributed by atoms with Crippen LogP contribution in [0.2, 0.25) is 0 Å². The summed E-state index contributed by atoms with van der Waals surface area (Å²) in [6.07, 6.45) is -3.79. The number of rotatable bonds is 6. The number of thiazole rings is 1. The number of carbonyl (C=O) groups excluding carboxylic acids is 3. The highest BCUT2D eigenvalue weighted by Gasteiger charge is 2.51. The van der Waals surface area contributed by atoms with Crippen LogP contribution in [0, 0.1) is 0 Å². The lowest BCUT2D eigenvalue weighted by molar-refractivity contribution is -0.165. The Hall–Kier alpha value is -4.24. The highest BCUT2D eigenvalue weighted by atomic mass is 32.1. The molecule has 14 nitrogen and oxygen atoms in total. The average molecular weight is 520 g/mol. The van der Waals surface area contributed by atoms with Crippen LogP contribution >= 0.6 is 11.3 Å². The molecule has 15 heteroatoms. The zero-order valence-electron chi connectivity index (χ0n) is 18.8. The molecule has 0 radical (unpaired) electrons. The number of hydrogen-bond acceptors (Lipinski definition) is 14. The second-order valence-electron chi connectivity index (χ2n) is 7.67. The molecule has 4 rings (SSSR count). The van der Waals surface area contributed by atoms with E-state index in [1.807, 2.05) is 0 Å². The van der Waals surface area contributed by atoms with Crippen LogP contribution in [0.15, 0.2) is 29.2 Å². The molecule has 1 aliphatic rings. The molecule has 1 aromatic carbocycles. The fourth-order valence-corrected chi connectivity index (χ4v) is 4.52. The van der Waals surface area contributed by atoms with E-state index in [1.54, 1.807) is 0 Å². The number of nitrogens with two attached hydrogens (primary N) is 1.